The van der Waals surface area contributed by atoms with Crippen molar-refractivity contribution in [2.24, 2.45) is 0 Å². The first-order valence-corrected chi connectivity index (χ1v) is 15.1. The van der Waals surface area contributed by atoms with E-state index in [2.05, 4.69) is 25.9 Å². The van der Waals surface area contributed by atoms with E-state index in [4.69, 9.17) is 21.3 Å². The molecule has 0 atom stereocenters. The Kier molecular flexibility index (Phi) is 8.22. The molecule has 0 saturated carbocycles. The number of halogens is 1. The number of sulfonamides is 1. The van der Waals surface area contributed by atoms with E-state index in [1.165, 1.54) is 24.3 Å². The van der Waals surface area contributed by atoms with Crippen molar-refractivity contribution in [2.75, 3.05) is 56.0 Å². The summed E-state index contributed by atoms with van der Waals surface area (Å²) in [5.41, 5.74) is 1.36. The highest BCUT2D eigenvalue weighted by molar-refractivity contribution is 7.92. The third-order valence-corrected chi connectivity index (χ3v) is 9.20. The van der Waals surface area contributed by atoms with Crippen molar-refractivity contribution >= 4 is 59.9 Å². The number of rotatable bonds is 9. The number of piperazine rings is 1. The number of fused-ring (bicyclic) bond motifs is 1. The van der Waals surface area contributed by atoms with Gasteiger partial charge in [0.25, 0.3) is 15.9 Å². The van der Waals surface area contributed by atoms with Gasteiger partial charge < -0.3 is 15.0 Å². The monoisotopic (exact) mass is 585 g/mol. The number of thiazole rings is 1. The summed E-state index contributed by atoms with van der Waals surface area (Å²) >= 11 is 7.54. The molecule has 1 aliphatic rings. The Hall–Kier alpha value is -3.38. The highest BCUT2D eigenvalue weighted by Crippen LogP contribution is 2.34. The molecular formula is C27H28ClN5O4S2. The highest BCUT2D eigenvalue weighted by Gasteiger charge is 2.22. The number of ether oxygens (including phenoxy) is 1. The first-order chi connectivity index (χ1) is 18.8. The van der Waals surface area contributed by atoms with Crippen LogP contribution in [0.5, 0.6) is 5.75 Å². The van der Waals surface area contributed by atoms with Crippen LogP contribution in [0.1, 0.15) is 10.4 Å². The number of hydrogen-bond donors (Lipinski definition) is 2. The Balaban J connectivity index is 1.14. The zero-order valence-electron chi connectivity index (χ0n) is 21.3. The predicted octanol–water partition coefficient (Wildman–Crippen LogP) is 4.31. The van der Waals surface area contributed by atoms with Crippen molar-refractivity contribution in [2.45, 2.75) is 4.90 Å². The standard InChI is InChI=1S/C27H28ClN5O4S2/c1-37-23-7-4-8-24-25(23)30-27(38-24)33-17-15-32(16-18-33)14-13-29-26(34)21-5-2-3-6-22(21)31-39(35,36)20-11-9-19(28)10-12-20/h2-12,31H,13-18H2,1H3,(H,29,34). The van der Waals surface area contributed by atoms with Crippen LogP contribution < -0.4 is 19.7 Å². The fourth-order valence-electron chi connectivity index (χ4n) is 4.38. The van der Waals surface area contributed by atoms with Crippen molar-refractivity contribution in [3.05, 3.63) is 77.3 Å². The molecule has 0 radical (unpaired) electrons. The van der Waals surface area contributed by atoms with Crippen LogP contribution in [-0.2, 0) is 10.0 Å². The Morgan fingerprint density at radius 1 is 1.03 bits per heavy atom. The van der Waals surface area contributed by atoms with Crippen molar-refractivity contribution < 1.29 is 17.9 Å². The van der Waals surface area contributed by atoms with E-state index >= 15 is 0 Å². The Morgan fingerprint density at radius 3 is 2.51 bits per heavy atom. The minimum atomic E-state index is -3.88. The third kappa shape index (κ3) is 6.27. The van der Waals surface area contributed by atoms with Gasteiger partial charge in [-0.25, -0.2) is 13.4 Å². The first kappa shape index (κ1) is 27.2. The predicted molar refractivity (Wildman–Crippen MR) is 156 cm³/mol. The molecule has 0 aliphatic carbocycles. The van der Waals surface area contributed by atoms with Crippen LogP contribution in [-0.4, -0.2) is 70.6 Å². The molecule has 0 spiro atoms. The fourth-order valence-corrected chi connectivity index (χ4v) is 6.63. The number of hydrogen-bond acceptors (Lipinski definition) is 8. The first-order valence-electron chi connectivity index (χ1n) is 12.4. The second kappa shape index (κ2) is 11.8. The minimum Gasteiger partial charge on any atom is -0.494 e. The molecule has 2 N–H and O–H groups in total. The number of benzene rings is 3. The summed E-state index contributed by atoms with van der Waals surface area (Å²) in [5.74, 6) is 0.440. The van der Waals surface area contributed by atoms with Gasteiger partial charge in [-0.05, 0) is 48.5 Å². The molecule has 5 rings (SSSR count). The normalized spacial score (nSPS) is 14.4. The van der Waals surface area contributed by atoms with Gasteiger partial charge in [0.1, 0.15) is 11.3 Å². The number of carbonyl (C=O) groups excluding carboxylic acids is 1. The fraction of sp³-hybridized carbons (Fsp3) is 0.259. The number of para-hydroxylation sites is 2. The summed E-state index contributed by atoms with van der Waals surface area (Å²) in [4.78, 5) is 22.4. The van der Waals surface area contributed by atoms with Crippen LogP contribution in [0.25, 0.3) is 10.2 Å². The summed E-state index contributed by atoms with van der Waals surface area (Å²) in [6.07, 6.45) is 0. The Morgan fingerprint density at radius 2 is 1.77 bits per heavy atom. The van der Waals surface area contributed by atoms with Gasteiger partial charge in [0.15, 0.2) is 5.13 Å². The minimum absolute atomic E-state index is 0.0613. The molecule has 9 nitrogen and oxygen atoms in total. The van der Waals surface area contributed by atoms with Crippen molar-refractivity contribution in [1.29, 1.82) is 0 Å². The molecule has 0 unspecified atom stereocenters. The van der Waals surface area contributed by atoms with Crippen molar-refractivity contribution in [3.63, 3.8) is 0 Å². The Bertz CT molecular complexity index is 1570. The van der Waals surface area contributed by atoms with E-state index in [1.807, 2.05) is 12.1 Å². The molecule has 3 aromatic carbocycles. The molecule has 1 aliphatic heterocycles. The Labute approximate surface area is 236 Å². The molecule has 12 heteroatoms. The molecule has 4 aromatic rings. The van der Waals surface area contributed by atoms with E-state index < -0.39 is 10.0 Å². The van der Waals surface area contributed by atoms with E-state index in [-0.39, 0.29) is 22.1 Å². The molecule has 1 aromatic heterocycles. The number of amides is 1. The van der Waals surface area contributed by atoms with Gasteiger partial charge in [-0.2, -0.15) is 0 Å². The van der Waals surface area contributed by atoms with Gasteiger partial charge in [0.05, 0.1) is 28.0 Å². The lowest BCUT2D eigenvalue weighted by Crippen LogP contribution is -2.48. The second-order valence-electron chi connectivity index (χ2n) is 8.99. The number of methoxy groups -OCH3 is 1. The lowest BCUT2D eigenvalue weighted by Gasteiger charge is -2.34. The highest BCUT2D eigenvalue weighted by atomic mass is 35.5. The molecule has 0 bridgehead atoms. The third-order valence-electron chi connectivity index (χ3n) is 6.49. The number of anilines is 2. The van der Waals surface area contributed by atoms with Crippen LogP contribution in [0.15, 0.2) is 71.6 Å². The lowest BCUT2D eigenvalue weighted by atomic mass is 10.1. The van der Waals surface area contributed by atoms with Crippen LogP contribution in [0.2, 0.25) is 5.02 Å². The van der Waals surface area contributed by atoms with Crippen LogP contribution in [0, 0.1) is 0 Å². The summed E-state index contributed by atoms with van der Waals surface area (Å²) in [5, 5.41) is 4.35. The molecule has 204 valence electrons. The zero-order valence-corrected chi connectivity index (χ0v) is 23.7. The number of nitrogens with one attached hydrogen (secondary N) is 2. The van der Waals surface area contributed by atoms with E-state index in [1.54, 1.807) is 42.7 Å². The van der Waals surface area contributed by atoms with E-state index in [0.29, 0.717) is 18.1 Å². The molecule has 1 saturated heterocycles. The van der Waals surface area contributed by atoms with Gasteiger partial charge in [-0.1, -0.05) is 41.1 Å². The van der Waals surface area contributed by atoms with Gasteiger partial charge in [0.2, 0.25) is 0 Å². The summed E-state index contributed by atoms with van der Waals surface area (Å²) in [6.45, 7) is 4.50. The van der Waals surface area contributed by atoms with Crippen molar-refractivity contribution in [3.8, 4) is 5.75 Å². The van der Waals surface area contributed by atoms with E-state index in [0.717, 1.165) is 47.3 Å². The molecule has 1 fully saturated rings. The SMILES string of the molecule is COc1cccc2sc(N3CCN(CCNC(=O)c4ccccc4NS(=O)(=O)c4ccc(Cl)cc4)CC3)nc12. The molecule has 1 amide bonds. The quantitative estimate of drug-likeness (QED) is 0.302. The maximum Gasteiger partial charge on any atom is 0.261 e. The zero-order chi connectivity index (χ0) is 27.4. The largest absolute Gasteiger partial charge is 0.494 e. The van der Waals surface area contributed by atoms with Gasteiger partial charge in [-0.3, -0.25) is 14.4 Å². The average molecular weight is 586 g/mol. The smallest absolute Gasteiger partial charge is 0.261 e. The van der Waals surface area contributed by atoms with Crippen LogP contribution in [0.4, 0.5) is 10.8 Å². The summed E-state index contributed by atoms with van der Waals surface area (Å²) in [7, 11) is -2.22. The van der Waals surface area contributed by atoms with Crippen molar-refractivity contribution in [1.82, 2.24) is 15.2 Å². The number of nitrogens with zero attached hydrogens (tertiary/aromatic N) is 3. The second-order valence-corrected chi connectivity index (χ2v) is 12.1. The van der Waals surface area contributed by atoms with Gasteiger partial charge in [-0.15, -0.1) is 0 Å². The average Bonchev–Trinajstić information content (AvgIpc) is 3.38. The van der Waals surface area contributed by atoms with E-state index in [9.17, 15) is 13.2 Å². The molecule has 39 heavy (non-hydrogen) atoms. The van der Waals surface area contributed by atoms with Gasteiger partial charge in [0, 0.05) is 44.3 Å². The number of carbonyl (C=O) groups is 1. The number of aromatic nitrogens is 1. The molecule has 2 heterocycles. The summed E-state index contributed by atoms with van der Waals surface area (Å²) < 4.78 is 34.7. The summed E-state index contributed by atoms with van der Waals surface area (Å²) in [6, 6.07) is 18.3. The maximum atomic E-state index is 12.9. The van der Waals surface area contributed by atoms with Crippen LogP contribution in [0.3, 0.4) is 0 Å². The van der Waals surface area contributed by atoms with Crippen LogP contribution >= 0.6 is 22.9 Å². The van der Waals surface area contributed by atoms with Gasteiger partial charge >= 0.3 is 0 Å². The maximum absolute atomic E-state index is 12.9. The lowest BCUT2D eigenvalue weighted by molar-refractivity contribution is 0.0948. The molecular weight excluding hydrogens is 558 g/mol. The topological polar surface area (TPSA) is 104 Å².